The van der Waals surface area contributed by atoms with Gasteiger partial charge in [-0.05, 0) is 51.1 Å². The Labute approximate surface area is 188 Å². The molecule has 1 aliphatic rings. The number of amides is 1. The van der Waals surface area contributed by atoms with Gasteiger partial charge in [0.1, 0.15) is 16.9 Å². The molecule has 0 atom stereocenters. The minimum Gasteiger partial charge on any atom is -0.461 e. The van der Waals surface area contributed by atoms with E-state index < -0.39 is 38.2 Å². The minimum absolute atomic E-state index is 0.176. The lowest BCUT2D eigenvalue weighted by Crippen LogP contribution is -2.39. The molecule has 1 aliphatic heterocycles. The molecular weight excluding hydrogens is 459 g/mol. The Morgan fingerprint density at radius 2 is 1.76 bits per heavy atom. The second-order valence-electron chi connectivity index (χ2n) is 8.84. The smallest absolute Gasteiger partial charge is 0.416 e. The predicted octanol–water partition coefficient (Wildman–Crippen LogP) is 5.58. The van der Waals surface area contributed by atoms with Crippen molar-refractivity contribution in [2.75, 3.05) is 6.54 Å². The van der Waals surface area contributed by atoms with Gasteiger partial charge in [0.05, 0.1) is 21.9 Å². The number of carbonyl (C=O) groups excluding carboxylic acids is 1. The fourth-order valence-electron chi connectivity index (χ4n) is 3.69. The largest absolute Gasteiger partial charge is 0.461 e. The fraction of sp³-hybridized carbons (Fsp3) is 0.348. The normalized spacial score (nSPS) is 14.9. The Hall–Kier alpha value is -3.01. The number of hydrogen-bond donors (Lipinski definition) is 0. The van der Waals surface area contributed by atoms with Gasteiger partial charge in [0.2, 0.25) is 9.84 Å². The molecule has 0 saturated heterocycles. The molecule has 3 aromatic rings. The van der Waals surface area contributed by atoms with E-state index in [-0.39, 0.29) is 11.4 Å². The first kappa shape index (κ1) is 23.2. The van der Waals surface area contributed by atoms with Crippen molar-refractivity contribution in [2.24, 2.45) is 0 Å². The number of carbonyl (C=O) groups is 1. The maximum atomic E-state index is 13.0. The summed E-state index contributed by atoms with van der Waals surface area (Å²) in [5, 5.41) is 0.640. The maximum Gasteiger partial charge on any atom is 0.416 e. The van der Waals surface area contributed by atoms with E-state index in [2.05, 4.69) is 0 Å². The molecule has 0 fully saturated rings. The number of fused-ring (bicyclic) bond motifs is 3. The number of alkyl halides is 3. The fourth-order valence-corrected chi connectivity index (χ4v) is 5.01. The zero-order valence-corrected chi connectivity index (χ0v) is 19.0. The van der Waals surface area contributed by atoms with Crippen LogP contribution in [0.15, 0.2) is 56.7 Å². The van der Waals surface area contributed by atoms with Crippen LogP contribution in [0.4, 0.5) is 18.0 Å². The molecular formula is C23H22F3NO5S. The molecule has 0 unspecified atom stereocenters. The predicted molar refractivity (Wildman–Crippen MR) is 113 cm³/mol. The number of nitrogens with zero attached hydrogens (tertiary/aromatic N) is 1. The van der Waals surface area contributed by atoms with Crippen LogP contribution in [0, 0.1) is 0 Å². The van der Waals surface area contributed by atoms with Gasteiger partial charge >= 0.3 is 12.3 Å². The highest BCUT2D eigenvalue weighted by molar-refractivity contribution is 7.91. The van der Waals surface area contributed by atoms with Crippen molar-refractivity contribution in [1.82, 2.24) is 4.90 Å². The number of rotatable bonds is 2. The standard InChI is InChI=1S/C23H22F3NO5S/c1-22(2,3)32-21(28)27-10-9-19-18(13-27)17-8-7-16(12-20(17)31-19)33(29,30)15-6-4-5-14(11-15)23(24,25)26/h4-8,11-12H,9-10,13H2,1-3H3. The lowest BCUT2D eigenvalue weighted by atomic mass is 10.1. The highest BCUT2D eigenvalue weighted by Gasteiger charge is 2.33. The van der Waals surface area contributed by atoms with Crippen LogP contribution in [-0.4, -0.2) is 31.6 Å². The van der Waals surface area contributed by atoms with E-state index in [0.29, 0.717) is 35.8 Å². The lowest BCUT2D eigenvalue weighted by molar-refractivity contribution is -0.137. The third-order valence-electron chi connectivity index (χ3n) is 5.24. The Balaban J connectivity index is 1.67. The van der Waals surface area contributed by atoms with Gasteiger partial charge in [0, 0.05) is 30.0 Å². The number of ether oxygens (including phenoxy) is 1. The van der Waals surface area contributed by atoms with Gasteiger partial charge in [0.15, 0.2) is 0 Å². The van der Waals surface area contributed by atoms with Crippen LogP contribution in [-0.2, 0) is 33.7 Å². The van der Waals surface area contributed by atoms with Crippen LogP contribution in [0.3, 0.4) is 0 Å². The Kier molecular flexibility index (Phi) is 5.47. The van der Waals surface area contributed by atoms with Crippen LogP contribution >= 0.6 is 0 Å². The van der Waals surface area contributed by atoms with E-state index in [1.54, 1.807) is 31.7 Å². The van der Waals surface area contributed by atoms with Crippen LogP contribution in [0.5, 0.6) is 0 Å². The molecule has 1 amide bonds. The Morgan fingerprint density at radius 1 is 1.06 bits per heavy atom. The van der Waals surface area contributed by atoms with E-state index in [1.807, 2.05) is 0 Å². The molecule has 2 heterocycles. The van der Waals surface area contributed by atoms with Crippen molar-refractivity contribution in [3.63, 3.8) is 0 Å². The number of halogens is 3. The molecule has 0 spiro atoms. The summed E-state index contributed by atoms with van der Waals surface area (Å²) < 4.78 is 76.4. The molecule has 4 rings (SSSR count). The molecule has 0 radical (unpaired) electrons. The number of furan rings is 1. The molecule has 33 heavy (non-hydrogen) atoms. The van der Waals surface area contributed by atoms with Crippen molar-refractivity contribution in [1.29, 1.82) is 0 Å². The van der Waals surface area contributed by atoms with Crippen molar-refractivity contribution in [2.45, 2.75) is 55.3 Å². The first-order valence-electron chi connectivity index (χ1n) is 10.2. The quantitative estimate of drug-likeness (QED) is 0.478. The van der Waals surface area contributed by atoms with Crippen molar-refractivity contribution in [3.05, 3.63) is 59.4 Å². The number of benzene rings is 2. The third kappa shape index (κ3) is 4.57. The van der Waals surface area contributed by atoms with Gasteiger partial charge in [-0.3, -0.25) is 0 Å². The molecule has 0 saturated carbocycles. The molecule has 0 bridgehead atoms. The second kappa shape index (κ2) is 7.79. The molecule has 6 nitrogen and oxygen atoms in total. The average molecular weight is 481 g/mol. The zero-order chi connectivity index (χ0) is 24.2. The van der Waals surface area contributed by atoms with Gasteiger partial charge in [-0.1, -0.05) is 6.07 Å². The van der Waals surface area contributed by atoms with Crippen LogP contribution in [0.2, 0.25) is 0 Å². The first-order chi connectivity index (χ1) is 15.3. The van der Waals surface area contributed by atoms with Gasteiger partial charge in [-0.2, -0.15) is 13.2 Å². The van der Waals surface area contributed by atoms with Gasteiger partial charge in [-0.25, -0.2) is 13.2 Å². The average Bonchev–Trinajstić information content (AvgIpc) is 3.09. The van der Waals surface area contributed by atoms with E-state index in [4.69, 9.17) is 9.15 Å². The molecule has 10 heteroatoms. The summed E-state index contributed by atoms with van der Waals surface area (Å²) in [6, 6.07) is 7.81. The minimum atomic E-state index is -4.66. The van der Waals surface area contributed by atoms with Crippen molar-refractivity contribution in [3.8, 4) is 0 Å². The van der Waals surface area contributed by atoms with Crippen LogP contribution in [0.25, 0.3) is 11.0 Å². The van der Waals surface area contributed by atoms with Crippen molar-refractivity contribution < 1.29 is 35.5 Å². The van der Waals surface area contributed by atoms with E-state index >= 15 is 0 Å². The van der Waals surface area contributed by atoms with E-state index in [1.165, 1.54) is 12.1 Å². The Bertz CT molecular complexity index is 1340. The SMILES string of the molecule is CC(C)(C)OC(=O)N1CCc2oc3cc(S(=O)(=O)c4cccc(C(F)(F)F)c4)ccc3c2C1. The summed E-state index contributed by atoms with van der Waals surface area (Å²) in [6.07, 6.45) is -4.68. The van der Waals surface area contributed by atoms with Gasteiger partial charge < -0.3 is 14.1 Å². The van der Waals surface area contributed by atoms with Crippen LogP contribution < -0.4 is 0 Å². The van der Waals surface area contributed by atoms with E-state index in [0.717, 1.165) is 23.8 Å². The van der Waals surface area contributed by atoms with E-state index in [9.17, 15) is 26.4 Å². The summed E-state index contributed by atoms with van der Waals surface area (Å²) in [6.45, 7) is 5.97. The molecule has 0 aliphatic carbocycles. The highest BCUT2D eigenvalue weighted by atomic mass is 32.2. The van der Waals surface area contributed by atoms with Gasteiger partial charge in [0.25, 0.3) is 0 Å². The monoisotopic (exact) mass is 481 g/mol. The second-order valence-corrected chi connectivity index (χ2v) is 10.8. The summed E-state index contributed by atoms with van der Waals surface area (Å²) in [5.41, 5.74) is -0.632. The zero-order valence-electron chi connectivity index (χ0n) is 18.2. The summed E-state index contributed by atoms with van der Waals surface area (Å²) >= 11 is 0. The summed E-state index contributed by atoms with van der Waals surface area (Å²) in [5.74, 6) is 0.637. The molecule has 2 aromatic carbocycles. The number of sulfone groups is 1. The molecule has 0 N–H and O–H groups in total. The summed E-state index contributed by atoms with van der Waals surface area (Å²) in [4.78, 5) is 13.4. The Morgan fingerprint density at radius 3 is 2.42 bits per heavy atom. The first-order valence-corrected chi connectivity index (χ1v) is 11.7. The topological polar surface area (TPSA) is 76.8 Å². The highest BCUT2D eigenvalue weighted by Crippen LogP contribution is 2.35. The number of hydrogen-bond acceptors (Lipinski definition) is 5. The maximum absolute atomic E-state index is 13.0. The molecule has 1 aromatic heterocycles. The third-order valence-corrected chi connectivity index (χ3v) is 6.99. The van der Waals surface area contributed by atoms with Crippen LogP contribution in [0.1, 0.15) is 37.7 Å². The van der Waals surface area contributed by atoms with Gasteiger partial charge in [-0.15, -0.1) is 0 Å². The lowest BCUT2D eigenvalue weighted by Gasteiger charge is -2.29. The summed E-state index contributed by atoms with van der Waals surface area (Å²) in [7, 11) is -4.20. The van der Waals surface area contributed by atoms with Crippen molar-refractivity contribution >= 4 is 26.9 Å². The molecule has 176 valence electrons.